The van der Waals surface area contributed by atoms with E-state index in [9.17, 15) is 4.79 Å². The Morgan fingerprint density at radius 3 is 2.80 bits per heavy atom. The first-order valence-electron chi connectivity index (χ1n) is 6.24. The highest BCUT2D eigenvalue weighted by molar-refractivity contribution is 6.31. The van der Waals surface area contributed by atoms with Crippen LogP contribution in [0.2, 0.25) is 5.02 Å². The van der Waals surface area contributed by atoms with Crippen LogP contribution < -0.4 is 5.32 Å². The standard InChI is InChI=1S/C14H17ClN4O/c1-16-9-10-11(15)5-4-6-13(10)19-8-7-12(17-19)14(20)18(2)3/h4-8,16H,9H2,1-3H3. The predicted octanol–water partition coefficient (Wildman–Crippen LogP) is 1.95. The molecular weight excluding hydrogens is 276 g/mol. The summed E-state index contributed by atoms with van der Waals surface area (Å²) in [6, 6.07) is 7.33. The molecule has 20 heavy (non-hydrogen) atoms. The van der Waals surface area contributed by atoms with Gasteiger partial charge in [0.15, 0.2) is 5.69 Å². The highest BCUT2D eigenvalue weighted by Crippen LogP contribution is 2.23. The normalized spacial score (nSPS) is 10.6. The Hall–Kier alpha value is -1.85. The van der Waals surface area contributed by atoms with E-state index in [4.69, 9.17) is 11.6 Å². The molecule has 2 aromatic rings. The van der Waals surface area contributed by atoms with Crippen LogP contribution in [0.25, 0.3) is 5.69 Å². The molecule has 0 saturated heterocycles. The van der Waals surface area contributed by atoms with Gasteiger partial charge in [0.05, 0.1) is 5.69 Å². The Morgan fingerprint density at radius 1 is 1.40 bits per heavy atom. The molecule has 0 atom stereocenters. The zero-order valence-electron chi connectivity index (χ0n) is 11.7. The fourth-order valence-corrected chi connectivity index (χ4v) is 2.15. The lowest BCUT2D eigenvalue weighted by Gasteiger charge is -2.11. The smallest absolute Gasteiger partial charge is 0.273 e. The van der Waals surface area contributed by atoms with Crippen molar-refractivity contribution in [2.45, 2.75) is 6.54 Å². The van der Waals surface area contributed by atoms with Crippen LogP contribution in [-0.4, -0.2) is 41.7 Å². The Labute approximate surface area is 123 Å². The molecule has 0 saturated carbocycles. The molecule has 1 N–H and O–H groups in total. The van der Waals surface area contributed by atoms with Gasteiger partial charge in [0.2, 0.25) is 0 Å². The molecule has 0 spiro atoms. The van der Waals surface area contributed by atoms with Gasteiger partial charge in [-0.25, -0.2) is 4.68 Å². The van der Waals surface area contributed by atoms with E-state index in [2.05, 4.69) is 10.4 Å². The second-order valence-corrected chi connectivity index (χ2v) is 5.02. The summed E-state index contributed by atoms with van der Waals surface area (Å²) in [4.78, 5) is 13.4. The van der Waals surface area contributed by atoms with E-state index in [1.54, 1.807) is 31.0 Å². The maximum absolute atomic E-state index is 11.9. The number of nitrogens with zero attached hydrogens (tertiary/aromatic N) is 3. The van der Waals surface area contributed by atoms with Crippen molar-refractivity contribution in [3.63, 3.8) is 0 Å². The predicted molar refractivity (Wildman–Crippen MR) is 79.4 cm³/mol. The van der Waals surface area contributed by atoms with Crippen LogP contribution >= 0.6 is 11.6 Å². The zero-order valence-corrected chi connectivity index (χ0v) is 12.5. The molecule has 0 bridgehead atoms. The zero-order chi connectivity index (χ0) is 14.7. The molecule has 0 aliphatic rings. The lowest BCUT2D eigenvalue weighted by Crippen LogP contribution is -2.22. The first kappa shape index (κ1) is 14.6. The van der Waals surface area contributed by atoms with Crippen molar-refractivity contribution < 1.29 is 4.79 Å². The molecular formula is C14H17ClN4O. The number of carbonyl (C=O) groups excluding carboxylic acids is 1. The summed E-state index contributed by atoms with van der Waals surface area (Å²) in [5.41, 5.74) is 2.22. The lowest BCUT2D eigenvalue weighted by atomic mass is 10.2. The van der Waals surface area contributed by atoms with Crippen LogP contribution in [0.5, 0.6) is 0 Å². The quantitative estimate of drug-likeness (QED) is 0.937. The number of hydrogen-bond donors (Lipinski definition) is 1. The SMILES string of the molecule is CNCc1c(Cl)cccc1-n1ccc(C(=O)N(C)C)n1. The number of rotatable bonds is 4. The van der Waals surface area contributed by atoms with Crippen molar-refractivity contribution in [2.75, 3.05) is 21.1 Å². The van der Waals surface area contributed by atoms with Crippen molar-refractivity contribution in [1.82, 2.24) is 20.0 Å². The molecule has 0 aliphatic heterocycles. The summed E-state index contributed by atoms with van der Waals surface area (Å²) in [7, 11) is 5.26. The third-order valence-corrected chi connectivity index (χ3v) is 3.26. The maximum atomic E-state index is 11.9. The molecule has 5 nitrogen and oxygen atoms in total. The van der Waals surface area contributed by atoms with Crippen molar-refractivity contribution in [1.29, 1.82) is 0 Å². The topological polar surface area (TPSA) is 50.2 Å². The molecule has 6 heteroatoms. The average Bonchev–Trinajstić information content (AvgIpc) is 2.89. The van der Waals surface area contributed by atoms with Crippen LogP contribution in [0.4, 0.5) is 0 Å². The third kappa shape index (κ3) is 2.84. The molecule has 1 aromatic carbocycles. The Morgan fingerprint density at radius 2 is 2.15 bits per heavy atom. The van der Waals surface area contributed by atoms with Crippen molar-refractivity contribution in [3.8, 4) is 5.69 Å². The molecule has 1 heterocycles. The highest BCUT2D eigenvalue weighted by atomic mass is 35.5. The second-order valence-electron chi connectivity index (χ2n) is 4.61. The molecule has 0 unspecified atom stereocenters. The second kappa shape index (κ2) is 6.07. The van der Waals surface area contributed by atoms with Crippen LogP contribution in [0.3, 0.4) is 0 Å². The number of halogens is 1. The van der Waals surface area contributed by atoms with Gasteiger partial charge in [0.1, 0.15) is 0 Å². The summed E-state index contributed by atoms with van der Waals surface area (Å²) < 4.78 is 1.68. The van der Waals surface area contributed by atoms with E-state index < -0.39 is 0 Å². The van der Waals surface area contributed by atoms with E-state index in [0.29, 0.717) is 17.3 Å². The molecule has 2 rings (SSSR count). The fraction of sp³-hybridized carbons (Fsp3) is 0.286. The van der Waals surface area contributed by atoms with Gasteiger partial charge in [-0.3, -0.25) is 4.79 Å². The van der Waals surface area contributed by atoms with E-state index in [-0.39, 0.29) is 5.91 Å². The molecule has 0 fully saturated rings. The van der Waals surface area contributed by atoms with Crippen LogP contribution in [-0.2, 0) is 6.54 Å². The Kier molecular flexibility index (Phi) is 4.42. The van der Waals surface area contributed by atoms with Gasteiger partial charge in [-0.15, -0.1) is 0 Å². The number of benzene rings is 1. The summed E-state index contributed by atoms with van der Waals surface area (Å²) in [5.74, 6) is -0.124. The first-order chi connectivity index (χ1) is 9.54. The van der Waals surface area contributed by atoms with E-state index in [1.807, 2.05) is 25.2 Å². The van der Waals surface area contributed by atoms with E-state index in [0.717, 1.165) is 11.3 Å². The van der Waals surface area contributed by atoms with E-state index >= 15 is 0 Å². The number of amides is 1. The van der Waals surface area contributed by atoms with Gasteiger partial charge < -0.3 is 10.2 Å². The van der Waals surface area contributed by atoms with Crippen molar-refractivity contribution in [3.05, 3.63) is 46.7 Å². The summed E-state index contributed by atoms with van der Waals surface area (Å²) in [5, 5.41) is 8.08. The van der Waals surface area contributed by atoms with Crippen LogP contribution in [0.15, 0.2) is 30.5 Å². The van der Waals surface area contributed by atoms with Crippen LogP contribution in [0.1, 0.15) is 16.1 Å². The van der Waals surface area contributed by atoms with Gasteiger partial charge in [-0.1, -0.05) is 17.7 Å². The minimum atomic E-state index is -0.124. The largest absolute Gasteiger partial charge is 0.343 e. The van der Waals surface area contributed by atoms with Crippen LogP contribution in [0, 0.1) is 0 Å². The molecule has 0 aliphatic carbocycles. The number of carbonyl (C=O) groups is 1. The number of hydrogen-bond acceptors (Lipinski definition) is 3. The van der Waals surface area contributed by atoms with Gasteiger partial charge in [-0.2, -0.15) is 5.10 Å². The molecule has 1 aromatic heterocycles. The third-order valence-electron chi connectivity index (χ3n) is 2.91. The first-order valence-corrected chi connectivity index (χ1v) is 6.62. The highest BCUT2D eigenvalue weighted by Gasteiger charge is 2.14. The molecule has 1 amide bonds. The lowest BCUT2D eigenvalue weighted by molar-refractivity contribution is 0.0821. The fourth-order valence-electron chi connectivity index (χ4n) is 1.91. The molecule has 106 valence electrons. The summed E-state index contributed by atoms with van der Waals surface area (Å²) in [6.45, 7) is 0.631. The van der Waals surface area contributed by atoms with Crippen molar-refractivity contribution in [2.24, 2.45) is 0 Å². The summed E-state index contributed by atoms with van der Waals surface area (Å²) >= 11 is 6.22. The Balaban J connectivity index is 2.42. The minimum absolute atomic E-state index is 0.124. The minimum Gasteiger partial charge on any atom is -0.343 e. The molecule has 0 radical (unpaired) electrons. The van der Waals surface area contributed by atoms with E-state index in [1.165, 1.54) is 4.90 Å². The Bertz CT molecular complexity index is 621. The summed E-state index contributed by atoms with van der Waals surface area (Å²) in [6.07, 6.45) is 1.77. The average molecular weight is 293 g/mol. The van der Waals surface area contributed by atoms with Gasteiger partial charge in [0, 0.05) is 37.4 Å². The monoisotopic (exact) mass is 292 g/mol. The van der Waals surface area contributed by atoms with Gasteiger partial charge >= 0.3 is 0 Å². The maximum Gasteiger partial charge on any atom is 0.273 e. The van der Waals surface area contributed by atoms with Gasteiger partial charge in [-0.05, 0) is 25.2 Å². The van der Waals surface area contributed by atoms with Crippen molar-refractivity contribution >= 4 is 17.5 Å². The van der Waals surface area contributed by atoms with Gasteiger partial charge in [0.25, 0.3) is 5.91 Å². The number of nitrogens with one attached hydrogen (secondary N) is 1. The number of aromatic nitrogens is 2.